The van der Waals surface area contributed by atoms with Gasteiger partial charge in [0.1, 0.15) is 11.6 Å². The number of carbonyl (C=O) groups is 1. The number of sulfonamides is 1. The second-order valence-corrected chi connectivity index (χ2v) is 6.50. The van der Waals surface area contributed by atoms with E-state index in [-0.39, 0.29) is 26.1 Å². The second-order valence-electron chi connectivity index (χ2n) is 4.56. The molecule has 1 aliphatic heterocycles. The van der Waals surface area contributed by atoms with Gasteiger partial charge < -0.3 is 9.84 Å². The Kier molecular flexibility index (Phi) is 4.55. The van der Waals surface area contributed by atoms with Crippen molar-refractivity contribution in [2.24, 2.45) is 0 Å². The van der Waals surface area contributed by atoms with Crippen LogP contribution in [0.5, 0.6) is 0 Å². The van der Waals surface area contributed by atoms with Gasteiger partial charge in [-0.3, -0.25) is 4.79 Å². The first-order valence-electron chi connectivity index (χ1n) is 6.08. The van der Waals surface area contributed by atoms with E-state index in [2.05, 4.69) is 0 Å². The zero-order valence-electron chi connectivity index (χ0n) is 10.8. The molecular weight excluding hydrogens is 308 g/mol. The van der Waals surface area contributed by atoms with E-state index in [0.717, 1.165) is 16.4 Å². The molecular formula is C12H13F2NO5S. The van der Waals surface area contributed by atoms with E-state index in [1.807, 2.05) is 0 Å². The van der Waals surface area contributed by atoms with Crippen LogP contribution in [0.3, 0.4) is 0 Å². The quantitative estimate of drug-likeness (QED) is 0.888. The summed E-state index contributed by atoms with van der Waals surface area (Å²) in [6, 6.07) is 2.02. The van der Waals surface area contributed by atoms with Crippen LogP contribution in [0.4, 0.5) is 8.78 Å². The maximum Gasteiger partial charge on any atom is 0.306 e. The first-order chi connectivity index (χ1) is 9.79. The lowest BCUT2D eigenvalue weighted by Crippen LogP contribution is -2.46. The van der Waals surface area contributed by atoms with E-state index >= 15 is 0 Å². The molecule has 2 rings (SSSR count). The van der Waals surface area contributed by atoms with Crippen LogP contribution in [0.15, 0.2) is 23.1 Å². The number of aliphatic carboxylic acids is 1. The van der Waals surface area contributed by atoms with Gasteiger partial charge in [0.05, 0.1) is 24.0 Å². The number of nitrogens with zero attached hydrogens (tertiary/aromatic N) is 1. The number of hydrogen-bond donors (Lipinski definition) is 1. The minimum absolute atomic E-state index is 0.00339. The Morgan fingerprint density at radius 1 is 1.33 bits per heavy atom. The molecule has 0 bridgehead atoms. The molecule has 0 saturated carbocycles. The molecule has 1 N–H and O–H groups in total. The largest absolute Gasteiger partial charge is 0.481 e. The predicted molar refractivity (Wildman–Crippen MR) is 67.1 cm³/mol. The second kappa shape index (κ2) is 6.04. The highest BCUT2D eigenvalue weighted by atomic mass is 32.2. The van der Waals surface area contributed by atoms with Crippen molar-refractivity contribution in [3.05, 3.63) is 29.8 Å². The number of carboxylic acids is 1. The summed E-state index contributed by atoms with van der Waals surface area (Å²) < 4.78 is 57.1. The van der Waals surface area contributed by atoms with E-state index in [0.29, 0.717) is 6.07 Å². The van der Waals surface area contributed by atoms with Gasteiger partial charge in [0.25, 0.3) is 0 Å². The van der Waals surface area contributed by atoms with Crippen molar-refractivity contribution in [2.75, 3.05) is 19.7 Å². The Balaban J connectivity index is 2.24. The highest BCUT2D eigenvalue weighted by Gasteiger charge is 2.32. The van der Waals surface area contributed by atoms with Gasteiger partial charge in [-0.1, -0.05) is 0 Å². The van der Waals surface area contributed by atoms with Gasteiger partial charge in [-0.05, 0) is 12.1 Å². The average molecular weight is 321 g/mol. The third-order valence-corrected chi connectivity index (χ3v) is 4.82. The molecule has 1 atom stereocenters. The van der Waals surface area contributed by atoms with Gasteiger partial charge in [-0.25, -0.2) is 17.2 Å². The zero-order chi connectivity index (χ0) is 15.6. The Labute approximate surface area is 120 Å². The summed E-state index contributed by atoms with van der Waals surface area (Å²) in [6.45, 7) is -0.154. The zero-order valence-corrected chi connectivity index (χ0v) is 11.6. The third-order valence-electron chi connectivity index (χ3n) is 2.98. The number of morpholine rings is 1. The van der Waals surface area contributed by atoms with Crippen LogP contribution in [0, 0.1) is 11.6 Å². The summed E-state index contributed by atoms with van der Waals surface area (Å²) in [5.41, 5.74) is 0. The van der Waals surface area contributed by atoms with E-state index in [9.17, 15) is 22.0 Å². The maximum atomic E-state index is 13.1. The molecule has 1 aromatic rings. The van der Waals surface area contributed by atoms with E-state index in [4.69, 9.17) is 9.84 Å². The van der Waals surface area contributed by atoms with Crippen molar-refractivity contribution in [2.45, 2.75) is 17.4 Å². The molecule has 0 amide bonds. The summed E-state index contributed by atoms with van der Waals surface area (Å²) in [5, 5.41) is 8.70. The van der Waals surface area contributed by atoms with Gasteiger partial charge in [0.2, 0.25) is 10.0 Å². The monoisotopic (exact) mass is 321 g/mol. The average Bonchev–Trinajstić information content (AvgIpc) is 2.37. The molecule has 21 heavy (non-hydrogen) atoms. The van der Waals surface area contributed by atoms with Crippen LogP contribution >= 0.6 is 0 Å². The number of hydrogen-bond acceptors (Lipinski definition) is 4. The van der Waals surface area contributed by atoms with Crippen LogP contribution in [0.2, 0.25) is 0 Å². The van der Waals surface area contributed by atoms with Gasteiger partial charge in [0.15, 0.2) is 0 Å². The molecule has 1 aliphatic rings. The Bertz CT molecular complexity index is 629. The molecule has 0 aliphatic carbocycles. The van der Waals surface area contributed by atoms with Crippen molar-refractivity contribution in [3.8, 4) is 0 Å². The minimum Gasteiger partial charge on any atom is -0.481 e. The minimum atomic E-state index is -4.10. The maximum absolute atomic E-state index is 13.1. The SMILES string of the molecule is O=C(O)CC1CN(S(=O)(=O)c2cc(F)cc(F)c2)CCO1. The smallest absolute Gasteiger partial charge is 0.306 e. The molecule has 1 saturated heterocycles. The molecule has 0 aromatic heterocycles. The summed E-state index contributed by atoms with van der Waals surface area (Å²) in [6.07, 6.45) is -1.13. The molecule has 9 heteroatoms. The fraction of sp³-hybridized carbons (Fsp3) is 0.417. The summed E-state index contributed by atoms with van der Waals surface area (Å²) in [4.78, 5) is 10.1. The van der Waals surface area contributed by atoms with Gasteiger partial charge in [-0.15, -0.1) is 0 Å². The van der Waals surface area contributed by atoms with Crippen LogP contribution in [-0.2, 0) is 19.6 Å². The lowest BCUT2D eigenvalue weighted by Gasteiger charge is -2.31. The lowest BCUT2D eigenvalue weighted by atomic mass is 10.2. The fourth-order valence-corrected chi connectivity index (χ4v) is 3.55. The summed E-state index contributed by atoms with van der Waals surface area (Å²) in [7, 11) is -4.10. The van der Waals surface area contributed by atoms with E-state index < -0.39 is 38.6 Å². The Hall–Kier alpha value is -1.58. The molecule has 0 radical (unpaired) electrons. The van der Waals surface area contributed by atoms with Gasteiger partial charge in [0, 0.05) is 19.2 Å². The van der Waals surface area contributed by atoms with Gasteiger partial charge in [-0.2, -0.15) is 4.31 Å². The number of benzene rings is 1. The number of carboxylic acid groups (broad SMARTS) is 1. The van der Waals surface area contributed by atoms with Crippen LogP contribution in [0.25, 0.3) is 0 Å². The number of ether oxygens (including phenoxy) is 1. The summed E-state index contributed by atoms with van der Waals surface area (Å²) >= 11 is 0. The van der Waals surface area contributed by atoms with Crippen molar-refractivity contribution in [3.63, 3.8) is 0 Å². The van der Waals surface area contributed by atoms with Crippen LogP contribution in [0.1, 0.15) is 6.42 Å². The van der Waals surface area contributed by atoms with Gasteiger partial charge >= 0.3 is 5.97 Å². The Morgan fingerprint density at radius 2 is 1.95 bits per heavy atom. The molecule has 1 aromatic carbocycles. The molecule has 116 valence electrons. The van der Waals surface area contributed by atoms with Crippen molar-refractivity contribution >= 4 is 16.0 Å². The van der Waals surface area contributed by atoms with Crippen molar-refractivity contribution in [1.29, 1.82) is 0 Å². The van der Waals surface area contributed by atoms with E-state index in [1.54, 1.807) is 0 Å². The number of rotatable bonds is 4. The molecule has 1 fully saturated rings. The standard InChI is InChI=1S/C12H13F2NO5S/c13-8-3-9(14)5-11(4-8)21(18,19)15-1-2-20-10(7-15)6-12(16)17/h3-5,10H,1-2,6-7H2,(H,16,17). The predicted octanol–water partition coefficient (Wildman–Crippen LogP) is 0.829. The lowest BCUT2D eigenvalue weighted by molar-refractivity contribution is -0.141. The highest BCUT2D eigenvalue weighted by Crippen LogP contribution is 2.21. The number of halogens is 2. The molecule has 6 nitrogen and oxygen atoms in total. The molecule has 1 unspecified atom stereocenters. The van der Waals surface area contributed by atoms with Crippen molar-refractivity contribution < 1.29 is 31.8 Å². The first kappa shape index (κ1) is 15.8. The normalized spacial score (nSPS) is 20.4. The molecule has 0 spiro atoms. The topological polar surface area (TPSA) is 83.9 Å². The first-order valence-corrected chi connectivity index (χ1v) is 7.52. The van der Waals surface area contributed by atoms with Crippen LogP contribution < -0.4 is 0 Å². The highest BCUT2D eigenvalue weighted by molar-refractivity contribution is 7.89. The summed E-state index contributed by atoms with van der Waals surface area (Å²) in [5.74, 6) is -3.11. The van der Waals surface area contributed by atoms with Crippen LogP contribution in [-0.4, -0.2) is 49.6 Å². The molecule has 1 heterocycles. The third kappa shape index (κ3) is 3.74. The Morgan fingerprint density at radius 3 is 2.52 bits per heavy atom. The van der Waals surface area contributed by atoms with Crippen molar-refractivity contribution in [1.82, 2.24) is 4.31 Å². The van der Waals surface area contributed by atoms with E-state index in [1.165, 1.54) is 0 Å². The fourth-order valence-electron chi connectivity index (χ4n) is 2.06.